The number of alkyl halides is 1. The van der Waals surface area contributed by atoms with Gasteiger partial charge in [0.25, 0.3) is 0 Å². The molecule has 0 bridgehead atoms. The molecule has 2 nitrogen and oxygen atoms in total. The van der Waals surface area contributed by atoms with Crippen LogP contribution in [0.15, 0.2) is 10.8 Å². The van der Waals surface area contributed by atoms with Crippen LogP contribution in [-0.4, -0.2) is 11.3 Å². The van der Waals surface area contributed by atoms with Crippen molar-refractivity contribution in [1.29, 1.82) is 0 Å². The van der Waals surface area contributed by atoms with Gasteiger partial charge in [-0.25, -0.2) is 0 Å². The van der Waals surface area contributed by atoms with Gasteiger partial charge in [-0.15, -0.1) is 22.9 Å². The van der Waals surface area contributed by atoms with Crippen molar-refractivity contribution in [2.24, 2.45) is 0 Å². The number of amides is 1. The van der Waals surface area contributed by atoms with Gasteiger partial charge in [-0.2, -0.15) is 0 Å². The van der Waals surface area contributed by atoms with Gasteiger partial charge in [0.05, 0.1) is 5.69 Å². The van der Waals surface area contributed by atoms with Crippen molar-refractivity contribution in [1.82, 2.24) is 0 Å². The maximum atomic E-state index is 11.1. The summed E-state index contributed by atoms with van der Waals surface area (Å²) in [5.41, 5.74) is 1.93. The number of thiophene rings is 1. The summed E-state index contributed by atoms with van der Waals surface area (Å²) < 4.78 is 0. The van der Waals surface area contributed by atoms with Crippen molar-refractivity contribution < 1.29 is 4.79 Å². The molecule has 4 heteroatoms. The number of carbonyl (C=O) groups is 1. The standard InChI is InChI=1S/C8H10ClNOS/c1-5-3-12-4-7(5)10-8(11)6(2)9/h3-4,6H,1-2H3,(H,10,11). The fraction of sp³-hybridized carbons (Fsp3) is 0.375. The van der Waals surface area contributed by atoms with Crippen molar-refractivity contribution in [2.75, 3.05) is 5.32 Å². The zero-order valence-corrected chi connectivity index (χ0v) is 8.50. The molecule has 0 aromatic carbocycles. The highest BCUT2D eigenvalue weighted by molar-refractivity contribution is 7.08. The average molecular weight is 204 g/mol. The van der Waals surface area contributed by atoms with Gasteiger partial charge in [0.15, 0.2) is 0 Å². The summed E-state index contributed by atoms with van der Waals surface area (Å²) in [5, 5.41) is 6.12. The van der Waals surface area contributed by atoms with E-state index in [2.05, 4.69) is 5.32 Å². The molecule has 0 saturated heterocycles. The average Bonchev–Trinajstić information content (AvgIpc) is 2.36. The summed E-state index contributed by atoms with van der Waals surface area (Å²) >= 11 is 7.15. The third-order valence-electron chi connectivity index (χ3n) is 1.47. The van der Waals surface area contributed by atoms with Crippen LogP contribution in [0.5, 0.6) is 0 Å². The number of rotatable bonds is 2. The predicted molar refractivity (Wildman–Crippen MR) is 53.0 cm³/mol. The van der Waals surface area contributed by atoms with Gasteiger partial charge in [0, 0.05) is 5.38 Å². The Morgan fingerprint density at radius 3 is 2.75 bits per heavy atom. The lowest BCUT2D eigenvalue weighted by atomic mass is 10.3. The number of hydrogen-bond donors (Lipinski definition) is 1. The molecule has 1 atom stereocenters. The lowest BCUT2D eigenvalue weighted by molar-refractivity contribution is -0.115. The van der Waals surface area contributed by atoms with Gasteiger partial charge in [-0.05, 0) is 24.8 Å². The van der Waals surface area contributed by atoms with Crippen LogP contribution in [0.2, 0.25) is 0 Å². The molecule has 0 aliphatic rings. The molecule has 0 aliphatic carbocycles. The Balaban J connectivity index is 2.64. The van der Waals surface area contributed by atoms with Crippen molar-refractivity contribution in [2.45, 2.75) is 19.2 Å². The van der Waals surface area contributed by atoms with Crippen molar-refractivity contribution in [3.8, 4) is 0 Å². The van der Waals surface area contributed by atoms with Crippen molar-refractivity contribution >= 4 is 34.5 Å². The van der Waals surface area contributed by atoms with Crippen LogP contribution in [0.4, 0.5) is 5.69 Å². The van der Waals surface area contributed by atoms with Crippen LogP contribution >= 0.6 is 22.9 Å². The largest absolute Gasteiger partial charge is 0.324 e. The summed E-state index contributed by atoms with van der Waals surface area (Å²) in [6.45, 7) is 3.60. The van der Waals surface area contributed by atoms with Crippen LogP contribution in [0.1, 0.15) is 12.5 Å². The summed E-state index contributed by atoms with van der Waals surface area (Å²) in [5.74, 6) is -0.154. The van der Waals surface area contributed by atoms with Gasteiger partial charge >= 0.3 is 0 Å². The van der Waals surface area contributed by atoms with E-state index in [4.69, 9.17) is 11.6 Å². The summed E-state index contributed by atoms with van der Waals surface area (Å²) in [6, 6.07) is 0. The predicted octanol–water partition coefficient (Wildman–Crippen LogP) is 2.62. The van der Waals surface area contributed by atoms with E-state index >= 15 is 0 Å². The minimum absolute atomic E-state index is 0.154. The second kappa shape index (κ2) is 3.92. The number of hydrogen-bond acceptors (Lipinski definition) is 2. The number of nitrogens with one attached hydrogen (secondary N) is 1. The molecule has 1 N–H and O–H groups in total. The van der Waals surface area contributed by atoms with E-state index in [1.807, 2.05) is 17.7 Å². The normalized spacial score (nSPS) is 12.6. The number of aryl methyl sites for hydroxylation is 1. The number of halogens is 1. The van der Waals surface area contributed by atoms with E-state index in [0.717, 1.165) is 11.3 Å². The molecule has 1 aromatic heterocycles. The molecular formula is C8H10ClNOS. The Morgan fingerprint density at radius 2 is 2.33 bits per heavy atom. The van der Waals surface area contributed by atoms with Gasteiger partial charge < -0.3 is 5.32 Å². The monoisotopic (exact) mass is 203 g/mol. The summed E-state index contributed by atoms with van der Waals surface area (Å²) in [7, 11) is 0. The molecule has 0 radical (unpaired) electrons. The lowest BCUT2D eigenvalue weighted by Crippen LogP contribution is -2.20. The van der Waals surface area contributed by atoms with Crippen LogP contribution in [0.3, 0.4) is 0 Å². The van der Waals surface area contributed by atoms with Crippen LogP contribution < -0.4 is 5.32 Å². The first-order valence-corrected chi connectivity index (χ1v) is 4.97. The molecule has 1 unspecified atom stereocenters. The van der Waals surface area contributed by atoms with Gasteiger partial charge in [0.2, 0.25) is 5.91 Å². The smallest absolute Gasteiger partial charge is 0.242 e. The third kappa shape index (κ3) is 2.22. The highest BCUT2D eigenvalue weighted by Gasteiger charge is 2.10. The zero-order chi connectivity index (χ0) is 9.14. The Bertz CT molecular complexity index is 282. The van der Waals surface area contributed by atoms with E-state index in [1.54, 1.807) is 18.3 Å². The summed E-state index contributed by atoms with van der Waals surface area (Å²) in [6.07, 6.45) is 0. The van der Waals surface area contributed by atoms with E-state index in [0.29, 0.717) is 0 Å². The number of carbonyl (C=O) groups excluding carboxylic acids is 1. The second-order valence-corrected chi connectivity index (χ2v) is 3.97. The first kappa shape index (κ1) is 9.55. The van der Waals surface area contributed by atoms with Crippen LogP contribution in [0.25, 0.3) is 0 Å². The van der Waals surface area contributed by atoms with E-state index < -0.39 is 5.38 Å². The Morgan fingerprint density at radius 1 is 1.67 bits per heavy atom. The molecule has 66 valence electrons. The minimum Gasteiger partial charge on any atom is -0.324 e. The third-order valence-corrected chi connectivity index (χ3v) is 2.53. The Labute approximate surface area is 80.5 Å². The van der Waals surface area contributed by atoms with E-state index in [9.17, 15) is 4.79 Å². The first-order chi connectivity index (χ1) is 5.61. The second-order valence-electron chi connectivity index (χ2n) is 2.57. The molecule has 1 amide bonds. The van der Waals surface area contributed by atoms with Crippen LogP contribution in [-0.2, 0) is 4.79 Å². The highest BCUT2D eigenvalue weighted by atomic mass is 35.5. The zero-order valence-electron chi connectivity index (χ0n) is 6.93. The fourth-order valence-electron chi connectivity index (χ4n) is 0.721. The highest BCUT2D eigenvalue weighted by Crippen LogP contribution is 2.19. The lowest BCUT2D eigenvalue weighted by Gasteiger charge is -2.04. The van der Waals surface area contributed by atoms with Crippen LogP contribution in [0, 0.1) is 6.92 Å². The van der Waals surface area contributed by atoms with Gasteiger partial charge in [0.1, 0.15) is 5.38 Å². The molecule has 12 heavy (non-hydrogen) atoms. The molecule has 0 fully saturated rings. The van der Waals surface area contributed by atoms with Gasteiger partial charge in [-0.1, -0.05) is 0 Å². The number of anilines is 1. The molecular weight excluding hydrogens is 194 g/mol. The quantitative estimate of drug-likeness (QED) is 0.736. The maximum absolute atomic E-state index is 11.1. The topological polar surface area (TPSA) is 29.1 Å². The maximum Gasteiger partial charge on any atom is 0.242 e. The fourth-order valence-corrected chi connectivity index (χ4v) is 1.56. The molecule has 0 spiro atoms. The van der Waals surface area contributed by atoms with Gasteiger partial charge in [-0.3, -0.25) is 4.79 Å². The van der Waals surface area contributed by atoms with E-state index in [1.165, 1.54) is 0 Å². The first-order valence-electron chi connectivity index (χ1n) is 3.59. The molecule has 1 heterocycles. The Kier molecular flexibility index (Phi) is 3.12. The van der Waals surface area contributed by atoms with E-state index in [-0.39, 0.29) is 5.91 Å². The molecule has 0 aliphatic heterocycles. The molecule has 1 rings (SSSR count). The van der Waals surface area contributed by atoms with Crippen molar-refractivity contribution in [3.05, 3.63) is 16.3 Å². The SMILES string of the molecule is Cc1cscc1NC(=O)C(C)Cl. The van der Waals surface area contributed by atoms with Crippen molar-refractivity contribution in [3.63, 3.8) is 0 Å². The molecule has 1 aromatic rings. The minimum atomic E-state index is -0.482. The Hall–Kier alpha value is -0.540. The summed E-state index contributed by atoms with van der Waals surface area (Å²) in [4.78, 5) is 11.1. The molecule has 0 saturated carbocycles.